The molecule has 0 atom stereocenters. The van der Waals surface area contributed by atoms with Crippen molar-refractivity contribution in [1.29, 1.82) is 0 Å². The van der Waals surface area contributed by atoms with Crippen LogP contribution < -0.4 is 15.5 Å². The molecule has 8 heteroatoms. The Kier molecular flexibility index (Phi) is 6.63. The molecule has 35 heavy (non-hydrogen) atoms. The maximum absolute atomic E-state index is 12.0. The highest BCUT2D eigenvalue weighted by atomic mass is 16.5. The van der Waals surface area contributed by atoms with Crippen molar-refractivity contribution in [2.45, 2.75) is 6.92 Å². The first-order valence-corrected chi connectivity index (χ1v) is 11.6. The molecule has 176 valence electrons. The number of aromatic nitrogens is 3. The van der Waals surface area contributed by atoms with Crippen molar-refractivity contribution in [2.24, 2.45) is 0 Å². The molecule has 2 aromatic heterocycles. The summed E-state index contributed by atoms with van der Waals surface area (Å²) in [6, 6.07) is 17.7. The van der Waals surface area contributed by atoms with Crippen LogP contribution in [-0.4, -0.2) is 47.2 Å². The van der Waals surface area contributed by atoms with Gasteiger partial charge in [0.1, 0.15) is 0 Å². The van der Waals surface area contributed by atoms with Crippen LogP contribution in [0.25, 0.3) is 22.2 Å². The lowest BCUT2D eigenvalue weighted by Crippen LogP contribution is -2.36. The molecular weight excluding hydrogens is 440 g/mol. The fraction of sp³-hybridized carbons (Fsp3) is 0.185. The van der Waals surface area contributed by atoms with Crippen molar-refractivity contribution in [1.82, 2.24) is 15.0 Å². The predicted octanol–water partition coefficient (Wildman–Crippen LogP) is 4.79. The molecule has 0 bridgehead atoms. The molecule has 8 nitrogen and oxygen atoms in total. The summed E-state index contributed by atoms with van der Waals surface area (Å²) in [4.78, 5) is 28.2. The first-order chi connectivity index (χ1) is 17.2. The van der Waals surface area contributed by atoms with Crippen LogP contribution >= 0.6 is 0 Å². The largest absolute Gasteiger partial charge is 0.378 e. The normalized spacial score (nSPS) is 13.8. The minimum absolute atomic E-state index is 0.185. The van der Waals surface area contributed by atoms with Crippen LogP contribution in [0.3, 0.4) is 0 Å². The summed E-state index contributed by atoms with van der Waals surface area (Å²) in [6.45, 7) is 4.91. The number of hydrogen-bond donors (Lipinski definition) is 2. The lowest BCUT2D eigenvalue weighted by Gasteiger charge is -2.30. The maximum Gasteiger partial charge on any atom is 0.248 e. The number of rotatable bonds is 6. The van der Waals surface area contributed by atoms with Gasteiger partial charge in [-0.3, -0.25) is 9.78 Å². The van der Waals surface area contributed by atoms with Crippen LogP contribution in [0.5, 0.6) is 0 Å². The Hall–Kier alpha value is -4.30. The van der Waals surface area contributed by atoms with Gasteiger partial charge in [-0.2, -0.15) is 0 Å². The molecule has 5 rings (SSSR count). The Bertz CT molecular complexity index is 1380. The predicted molar refractivity (Wildman–Crippen MR) is 139 cm³/mol. The number of morpholine rings is 1. The van der Waals surface area contributed by atoms with Gasteiger partial charge in [0.15, 0.2) is 0 Å². The molecule has 1 aliphatic rings. The van der Waals surface area contributed by atoms with Crippen molar-refractivity contribution in [3.05, 3.63) is 79.1 Å². The minimum atomic E-state index is -0.185. The lowest BCUT2D eigenvalue weighted by molar-refractivity contribution is -0.111. The number of nitrogens with zero attached hydrogens (tertiary/aromatic N) is 4. The molecule has 0 saturated carbocycles. The van der Waals surface area contributed by atoms with Gasteiger partial charge in [-0.05, 0) is 37.3 Å². The number of hydrogen-bond acceptors (Lipinski definition) is 7. The zero-order valence-electron chi connectivity index (χ0n) is 19.4. The van der Waals surface area contributed by atoms with Crippen molar-refractivity contribution >= 4 is 39.8 Å². The standard InChI is InChI=1S/C27H26N6O2/c1-2-6-25(34)30-20-11-12-28-23(17-20)21-8-5-7-19-18-29-27(32-26(19)21)31-22-9-3-4-10-24(22)33-13-15-35-16-14-33/h2-12,17-18H,13-16H2,1H3,(H,28,30,34)(H,29,31,32)/b6-2-. The van der Waals surface area contributed by atoms with Crippen LogP contribution in [0.2, 0.25) is 0 Å². The van der Waals surface area contributed by atoms with Crippen LogP contribution in [0.4, 0.5) is 23.0 Å². The molecule has 3 heterocycles. The fourth-order valence-corrected chi connectivity index (χ4v) is 4.09. The van der Waals surface area contributed by atoms with Crippen molar-refractivity contribution in [3.8, 4) is 11.3 Å². The van der Waals surface area contributed by atoms with E-state index in [4.69, 9.17) is 9.72 Å². The number of nitrogens with one attached hydrogen (secondary N) is 2. The molecule has 0 spiro atoms. The Morgan fingerprint density at radius 2 is 1.91 bits per heavy atom. The van der Waals surface area contributed by atoms with Crippen LogP contribution in [0.1, 0.15) is 6.92 Å². The van der Waals surface area contributed by atoms with Crippen molar-refractivity contribution < 1.29 is 9.53 Å². The molecular formula is C27H26N6O2. The molecule has 1 amide bonds. The van der Waals surface area contributed by atoms with Gasteiger partial charge in [-0.15, -0.1) is 0 Å². The van der Waals surface area contributed by atoms with Gasteiger partial charge < -0.3 is 20.3 Å². The van der Waals surface area contributed by atoms with Crippen molar-refractivity contribution in [2.75, 3.05) is 41.8 Å². The Balaban J connectivity index is 1.48. The minimum Gasteiger partial charge on any atom is -0.378 e. The van der Waals surface area contributed by atoms with Gasteiger partial charge in [0.25, 0.3) is 0 Å². The Labute approximate surface area is 203 Å². The van der Waals surface area contributed by atoms with E-state index >= 15 is 0 Å². The van der Waals surface area contributed by atoms with Gasteiger partial charge in [-0.1, -0.05) is 36.4 Å². The van der Waals surface area contributed by atoms with E-state index in [1.54, 1.807) is 25.3 Å². The van der Waals surface area contributed by atoms with E-state index < -0.39 is 0 Å². The van der Waals surface area contributed by atoms with E-state index in [9.17, 15) is 4.79 Å². The summed E-state index contributed by atoms with van der Waals surface area (Å²) in [5.41, 5.74) is 5.06. The van der Waals surface area contributed by atoms with Gasteiger partial charge in [-0.25, -0.2) is 9.97 Å². The number of ether oxygens (including phenoxy) is 1. The summed E-state index contributed by atoms with van der Waals surface area (Å²) in [5.74, 6) is 0.318. The third-order valence-electron chi connectivity index (χ3n) is 5.73. The Morgan fingerprint density at radius 1 is 1.06 bits per heavy atom. The molecule has 1 saturated heterocycles. The number of carbonyl (C=O) groups excluding carboxylic acids is 1. The second kappa shape index (κ2) is 10.3. The quantitative estimate of drug-likeness (QED) is 0.395. The van der Waals surface area contributed by atoms with Crippen LogP contribution in [0, 0.1) is 0 Å². The molecule has 0 radical (unpaired) electrons. The topological polar surface area (TPSA) is 92.3 Å². The number of fused-ring (bicyclic) bond motifs is 1. The highest BCUT2D eigenvalue weighted by molar-refractivity contribution is 6.00. The molecule has 2 aromatic carbocycles. The summed E-state index contributed by atoms with van der Waals surface area (Å²) < 4.78 is 5.51. The number of anilines is 4. The number of allylic oxidation sites excluding steroid dienone is 1. The average molecular weight is 467 g/mol. The number of carbonyl (C=O) groups is 1. The van der Waals surface area contributed by atoms with E-state index in [0.717, 1.165) is 40.9 Å². The fourth-order valence-electron chi connectivity index (χ4n) is 4.09. The molecule has 1 aliphatic heterocycles. The van der Waals surface area contributed by atoms with E-state index in [2.05, 4.69) is 31.6 Å². The molecule has 0 aliphatic carbocycles. The van der Waals surface area contributed by atoms with E-state index in [1.165, 1.54) is 6.08 Å². The summed E-state index contributed by atoms with van der Waals surface area (Å²) in [6.07, 6.45) is 6.67. The number of benzene rings is 2. The van der Waals surface area contributed by atoms with Gasteiger partial charge >= 0.3 is 0 Å². The van der Waals surface area contributed by atoms with Crippen LogP contribution in [-0.2, 0) is 9.53 Å². The number of amides is 1. The van der Waals surface area contributed by atoms with Gasteiger partial charge in [0, 0.05) is 42.1 Å². The average Bonchev–Trinajstić information content (AvgIpc) is 2.89. The molecule has 1 fully saturated rings. The summed E-state index contributed by atoms with van der Waals surface area (Å²) >= 11 is 0. The SMILES string of the molecule is C/C=C\C(=O)Nc1ccnc(-c2cccc3cnc(Nc4ccccc4N4CCOCC4)nc23)c1. The number of para-hydroxylation sites is 3. The van der Waals surface area contributed by atoms with E-state index in [0.29, 0.717) is 30.5 Å². The van der Waals surface area contributed by atoms with Gasteiger partial charge in [0.05, 0.1) is 35.8 Å². The highest BCUT2D eigenvalue weighted by Gasteiger charge is 2.16. The van der Waals surface area contributed by atoms with Crippen LogP contribution in [0.15, 0.2) is 79.1 Å². The lowest BCUT2D eigenvalue weighted by atomic mass is 10.1. The second-order valence-electron chi connectivity index (χ2n) is 8.10. The Morgan fingerprint density at radius 3 is 2.77 bits per heavy atom. The van der Waals surface area contributed by atoms with E-state index in [-0.39, 0.29) is 5.91 Å². The van der Waals surface area contributed by atoms with Gasteiger partial charge in [0.2, 0.25) is 11.9 Å². The third-order valence-corrected chi connectivity index (χ3v) is 5.73. The van der Waals surface area contributed by atoms with Crippen molar-refractivity contribution in [3.63, 3.8) is 0 Å². The summed E-state index contributed by atoms with van der Waals surface area (Å²) in [7, 11) is 0. The molecule has 0 unspecified atom stereocenters. The zero-order chi connectivity index (χ0) is 24.0. The number of pyridine rings is 1. The monoisotopic (exact) mass is 466 g/mol. The third kappa shape index (κ3) is 5.12. The highest BCUT2D eigenvalue weighted by Crippen LogP contribution is 2.31. The molecule has 4 aromatic rings. The maximum atomic E-state index is 12.0. The second-order valence-corrected chi connectivity index (χ2v) is 8.10. The first-order valence-electron chi connectivity index (χ1n) is 11.6. The molecule has 2 N–H and O–H groups in total. The zero-order valence-corrected chi connectivity index (χ0v) is 19.4. The van der Waals surface area contributed by atoms with E-state index in [1.807, 2.05) is 48.7 Å². The summed E-state index contributed by atoms with van der Waals surface area (Å²) in [5, 5.41) is 7.16. The smallest absolute Gasteiger partial charge is 0.248 e. The first kappa shape index (κ1) is 22.5.